The number of anilines is 1. The molecule has 1 aromatic rings. The molecule has 0 aliphatic heterocycles. The Morgan fingerprint density at radius 3 is 2.84 bits per heavy atom. The summed E-state index contributed by atoms with van der Waals surface area (Å²) in [6, 6.07) is 8.00. The number of aryl methyl sites for hydroxylation is 1. The van der Waals surface area contributed by atoms with Crippen LogP contribution in [0.4, 0.5) is 5.69 Å². The van der Waals surface area contributed by atoms with E-state index in [1.54, 1.807) is 0 Å². The summed E-state index contributed by atoms with van der Waals surface area (Å²) in [4.78, 5) is 0. The molecule has 1 saturated carbocycles. The zero-order valence-corrected chi connectivity index (χ0v) is 11.6. The van der Waals surface area contributed by atoms with Crippen molar-refractivity contribution in [3.63, 3.8) is 0 Å². The van der Waals surface area contributed by atoms with E-state index >= 15 is 0 Å². The minimum absolute atomic E-state index is 0.447. The largest absolute Gasteiger partial charge is 0.381 e. The zero-order chi connectivity index (χ0) is 13.5. The Kier molecular flexibility index (Phi) is 5.23. The summed E-state index contributed by atoms with van der Waals surface area (Å²) in [6.07, 6.45) is 6.81. The van der Waals surface area contributed by atoms with Crippen LogP contribution < -0.4 is 5.32 Å². The van der Waals surface area contributed by atoms with E-state index in [0.717, 1.165) is 17.8 Å². The van der Waals surface area contributed by atoms with Gasteiger partial charge in [-0.1, -0.05) is 31.4 Å². The Bertz CT molecular complexity index is 445. The van der Waals surface area contributed by atoms with Gasteiger partial charge in [-0.15, -0.1) is 0 Å². The molecule has 1 N–H and O–H groups in total. The minimum atomic E-state index is 0.447. The Morgan fingerprint density at radius 1 is 1.32 bits per heavy atom. The third kappa shape index (κ3) is 3.97. The number of hydrogen-bond donors (Lipinski definition) is 1. The average Bonchev–Trinajstić information content (AvgIpc) is 2.46. The van der Waals surface area contributed by atoms with E-state index in [4.69, 9.17) is 10.00 Å². The Morgan fingerprint density at radius 2 is 2.11 bits per heavy atom. The topological polar surface area (TPSA) is 45.0 Å². The highest BCUT2D eigenvalue weighted by molar-refractivity contribution is 5.62. The summed E-state index contributed by atoms with van der Waals surface area (Å²) in [5.74, 6) is 0. The van der Waals surface area contributed by atoms with Crippen LogP contribution in [0.1, 0.15) is 43.2 Å². The number of rotatable bonds is 5. The van der Waals surface area contributed by atoms with Crippen LogP contribution in [0.5, 0.6) is 0 Å². The molecule has 0 aromatic heterocycles. The first-order valence-electron chi connectivity index (χ1n) is 7.16. The molecule has 0 unspecified atom stereocenters. The lowest BCUT2D eigenvalue weighted by Gasteiger charge is -2.22. The SMILES string of the molecule is Cc1cccc(C#N)c1NCCOC1CCCCC1. The van der Waals surface area contributed by atoms with Crippen LogP contribution in [0.2, 0.25) is 0 Å². The number of benzene rings is 1. The van der Waals surface area contributed by atoms with Crippen LogP contribution in [0.15, 0.2) is 18.2 Å². The fourth-order valence-corrected chi connectivity index (χ4v) is 2.63. The molecule has 3 nitrogen and oxygen atoms in total. The second-order valence-corrected chi connectivity index (χ2v) is 5.17. The van der Waals surface area contributed by atoms with Gasteiger partial charge < -0.3 is 10.1 Å². The fraction of sp³-hybridized carbons (Fsp3) is 0.562. The maximum Gasteiger partial charge on any atom is 0.101 e. The minimum Gasteiger partial charge on any atom is -0.381 e. The summed E-state index contributed by atoms with van der Waals surface area (Å²) >= 11 is 0. The first kappa shape index (κ1) is 13.9. The number of nitrogens with zero attached hydrogens (tertiary/aromatic N) is 1. The Balaban J connectivity index is 1.78. The van der Waals surface area contributed by atoms with Gasteiger partial charge in [-0.3, -0.25) is 0 Å². The molecule has 3 heteroatoms. The zero-order valence-electron chi connectivity index (χ0n) is 11.6. The molecule has 0 saturated heterocycles. The van der Waals surface area contributed by atoms with E-state index < -0.39 is 0 Å². The van der Waals surface area contributed by atoms with Crippen LogP contribution in [0, 0.1) is 18.3 Å². The maximum atomic E-state index is 9.08. The van der Waals surface area contributed by atoms with E-state index in [-0.39, 0.29) is 0 Å². The third-order valence-electron chi connectivity index (χ3n) is 3.70. The maximum absolute atomic E-state index is 9.08. The summed E-state index contributed by atoms with van der Waals surface area (Å²) in [7, 11) is 0. The number of nitriles is 1. The normalized spacial score (nSPS) is 16.0. The van der Waals surface area contributed by atoms with E-state index in [9.17, 15) is 0 Å². The molecule has 0 amide bonds. The van der Waals surface area contributed by atoms with Gasteiger partial charge in [-0.05, 0) is 31.4 Å². The molecule has 0 heterocycles. The van der Waals surface area contributed by atoms with Gasteiger partial charge in [0, 0.05) is 6.54 Å². The summed E-state index contributed by atoms with van der Waals surface area (Å²) in [6.45, 7) is 3.49. The van der Waals surface area contributed by atoms with E-state index in [1.807, 2.05) is 25.1 Å². The Hall–Kier alpha value is -1.53. The van der Waals surface area contributed by atoms with Crippen LogP contribution >= 0.6 is 0 Å². The standard InChI is InChI=1S/C16H22N2O/c1-13-6-5-7-14(12-17)16(13)18-10-11-19-15-8-3-2-4-9-15/h5-7,15,18H,2-4,8-11H2,1H3. The van der Waals surface area contributed by atoms with E-state index in [0.29, 0.717) is 18.3 Å². The number of nitrogens with one attached hydrogen (secondary N) is 1. The quantitative estimate of drug-likeness (QED) is 0.820. The lowest BCUT2D eigenvalue weighted by molar-refractivity contribution is 0.0347. The highest BCUT2D eigenvalue weighted by Gasteiger charge is 2.13. The van der Waals surface area contributed by atoms with Gasteiger partial charge in [-0.25, -0.2) is 0 Å². The second-order valence-electron chi connectivity index (χ2n) is 5.17. The van der Waals surface area contributed by atoms with Gasteiger partial charge in [0.05, 0.1) is 24.0 Å². The lowest BCUT2D eigenvalue weighted by Crippen LogP contribution is -2.20. The highest BCUT2D eigenvalue weighted by atomic mass is 16.5. The molecule has 1 aliphatic carbocycles. The van der Waals surface area contributed by atoms with Crippen molar-refractivity contribution >= 4 is 5.69 Å². The molecule has 19 heavy (non-hydrogen) atoms. The molecular formula is C16H22N2O. The third-order valence-corrected chi connectivity index (χ3v) is 3.70. The molecule has 0 radical (unpaired) electrons. The molecule has 0 atom stereocenters. The first-order chi connectivity index (χ1) is 9.31. The number of hydrogen-bond acceptors (Lipinski definition) is 3. The van der Waals surface area contributed by atoms with Crippen LogP contribution in [0.3, 0.4) is 0 Å². The highest BCUT2D eigenvalue weighted by Crippen LogP contribution is 2.21. The monoisotopic (exact) mass is 258 g/mol. The van der Waals surface area contributed by atoms with Gasteiger partial charge >= 0.3 is 0 Å². The predicted molar refractivity (Wildman–Crippen MR) is 77.2 cm³/mol. The summed E-state index contributed by atoms with van der Waals surface area (Å²) in [5.41, 5.74) is 2.76. The lowest BCUT2D eigenvalue weighted by atomic mass is 9.98. The second kappa shape index (κ2) is 7.16. The van der Waals surface area contributed by atoms with Gasteiger partial charge in [-0.2, -0.15) is 5.26 Å². The van der Waals surface area contributed by atoms with Crippen LogP contribution in [-0.2, 0) is 4.74 Å². The molecule has 1 aromatic carbocycles. The van der Waals surface area contributed by atoms with Crippen molar-refractivity contribution in [3.8, 4) is 6.07 Å². The van der Waals surface area contributed by atoms with Gasteiger partial charge in [0.15, 0.2) is 0 Å². The van der Waals surface area contributed by atoms with Crippen molar-refractivity contribution < 1.29 is 4.74 Å². The fourth-order valence-electron chi connectivity index (χ4n) is 2.63. The summed E-state index contributed by atoms with van der Waals surface area (Å²) in [5, 5.41) is 12.4. The van der Waals surface area contributed by atoms with Crippen molar-refractivity contribution in [3.05, 3.63) is 29.3 Å². The van der Waals surface area contributed by atoms with Crippen molar-refractivity contribution in [2.45, 2.75) is 45.1 Å². The van der Waals surface area contributed by atoms with Gasteiger partial charge in [0.25, 0.3) is 0 Å². The number of para-hydroxylation sites is 1. The predicted octanol–water partition coefficient (Wildman–Crippen LogP) is 3.63. The van der Waals surface area contributed by atoms with Crippen molar-refractivity contribution in [2.24, 2.45) is 0 Å². The average molecular weight is 258 g/mol. The van der Waals surface area contributed by atoms with Crippen molar-refractivity contribution in [1.82, 2.24) is 0 Å². The molecule has 1 fully saturated rings. The Labute approximate surface area is 115 Å². The molecule has 2 rings (SSSR count). The van der Waals surface area contributed by atoms with Crippen molar-refractivity contribution in [1.29, 1.82) is 5.26 Å². The first-order valence-corrected chi connectivity index (χ1v) is 7.16. The number of ether oxygens (including phenoxy) is 1. The van der Waals surface area contributed by atoms with E-state index in [1.165, 1.54) is 32.1 Å². The smallest absolute Gasteiger partial charge is 0.101 e. The summed E-state index contributed by atoms with van der Waals surface area (Å²) < 4.78 is 5.87. The van der Waals surface area contributed by atoms with Gasteiger partial charge in [0.2, 0.25) is 0 Å². The molecule has 0 spiro atoms. The molecule has 102 valence electrons. The molecule has 0 bridgehead atoms. The van der Waals surface area contributed by atoms with Crippen LogP contribution in [-0.4, -0.2) is 19.3 Å². The molecule has 1 aliphatic rings. The molecular weight excluding hydrogens is 236 g/mol. The van der Waals surface area contributed by atoms with Gasteiger partial charge in [0.1, 0.15) is 6.07 Å². The van der Waals surface area contributed by atoms with Crippen molar-refractivity contribution in [2.75, 3.05) is 18.5 Å². The van der Waals surface area contributed by atoms with E-state index in [2.05, 4.69) is 11.4 Å². The van der Waals surface area contributed by atoms with Crippen LogP contribution in [0.25, 0.3) is 0 Å².